The molecule has 0 aromatic heterocycles. The summed E-state index contributed by atoms with van der Waals surface area (Å²) < 4.78 is 27.9. The SMILES string of the molecule is Cc1ccc(S(=O)(=O)N2CC(=O)N(CCC3=CCCCC3)C(C)(C(=O)NCCC(C)C)C2)cc1. The van der Waals surface area contributed by atoms with Gasteiger partial charge in [0.15, 0.2) is 0 Å². The highest BCUT2D eigenvalue weighted by Gasteiger charge is 2.50. The minimum absolute atomic E-state index is 0.0679. The van der Waals surface area contributed by atoms with Crippen molar-refractivity contribution in [1.29, 1.82) is 0 Å². The summed E-state index contributed by atoms with van der Waals surface area (Å²) in [7, 11) is -3.91. The van der Waals surface area contributed by atoms with Crippen molar-refractivity contribution in [2.45, 2.75) is 76.7 Å². The molecule has 1 atom stereocenters. The number of nitrogens with one attached hydrogen (secondary N) is 1. The summed E-state index contributed by atoms with van der Waals surface area (Å²) in [4.78, 5) is 28.5. The van der Waals surface area contributed by atoms with Crippen molar-refractivity contribution in [2.24, 2.45) is 5.92 Å². The Morgan fingerprint density at radius 3 is 2.50 bits per heavy atom. The zero-order valence-corrected chi connectivity index (χ0v) is 21.8. The Kier molecular flexibility index (Phi) is 8.57. The van der Waals surface area contributed by atoms with Crippen LogP contribution in [-0.4, -0.2) is 61.2 Å². The Hall–Kier alpha value is -2.19. The standard InChI is InChI=1S/C26H39N3O4S/c1-20(2)14-16-27-25(31)26(4)19-28(34(32,33)23-12-10-21(3)11-13-23)18-24(30)29(26)17-15-22-8-6-5-7-9-22/h8,10-13,20H,5-7,9,14-19H2,1-4H3,(H,27,31). The minimum atomic E-state index is -3.91. The summed E-state index contributed by atoms with van der Waals surface area (Å²) in [5, 5.41) is 2.96. The number of carbonyl (C=O) groups is 2. The minimum Gasteiger partial charge on any atom is -0.354 e. The zero-order valence-electron chi connectivity index (χ0n) is 21.0. The molecule has 1 aliphatic heterocycles. The number of carbonyl (C=O) groups excluding carboxylic acids is 2. The van der Waals surface area contributed by atoms with Crippen LogP contribution in [0.25, 0.3) is 0 Å². The summed E-state index contributed by atoms with van der Waals surface area (Å²) in [6, 6.07) is 6.58. The van der Waals surface area contributed by atoms with Crippen LogP contribution >= 0.6 is 0 Å². The smallest absolute Gasteiger partial charge is 0.247 e. The summed E-state index contributed by atoms with van der Waals surface area (Å²) in [5.74, 6) is -0.211. The van der Waals surface area contributed by atoms with E-state index in [-0.39, 0.29) is 29.8 Å². The number of allylic oxidation sites excluding steroid dienone is 1. The van der Waals surface area contributed by atoms with E-state index in [1.165, 1.54) is 16.3 Å². The number of rotatable bonds is 9. The lowest BCUT2D eigenvalue weighted by Gasteiger charge is -2.47. The van der Waals surface area contributed by atoms with Gasteiger partial charge in [0.2, 0.25) is 21.8 Å². The maximum atomic E-state index is 13.4. The van der Waals surface area contributed by atoms with Crippen LogP contribution in [0.1, 0.15) is 64.9 Å². The molecule has 1 N–H and O–H groups in total. The molecule has 3 rings (SSSR count). The number of nitrogens with zero attached hydrogens (tertiary/aromatic N) is 2. The molecule has 8 heteroatoms. The van der Waals surface area contributed by atoms with Gasteiger partial charge in [0.1, 0.15) is 5.54 Å². The Bertz CT molecular complexity index is 1020. The van der Waals surface area contributed by atoms with Gasteiger partial charge >= 0.3 is 0 Å². The molecular formula is C26H39N3O4S. The van der Waals surface area contributed by atoms with Gasteiger partial charge in [-0.1, -0.05) is 43.2 Å². The van der Waals surface area contributed by atoms with E-state index in [9.17, 15) is 18.0 Å². The average Bonchev–Trinajstić information content (AvgIpc) is 2.79. The number of amides is 2. The van der Waals surface area contributed by atoms with Crippen LogP contribution in [0.15, 0.2) is 40.8 Å². The third-order valence-corrected chi connectivity index (χ3v) is 8.70. The lowest BCUT2D eigenvalue weighted by atomic mass is 9.92. The van der Waals surface area contributed by atoms with Crippen molar-refractivity contribution >= 4 is 21.8 Å². The average molecular weight is 490 g/mol. The van der Waals surface area contributed by atoms with Crippen LogP contribution in [-0.2, 0) is 19.6 Å². The first-order chi connectivity index (χ1) is 16.0. The first-order valence-corrected chi connectivity index (χ1v) is 13.8. The summed E-state index contributed by atoms with van der Waals surface area (Å²) in [6.45, 7) is 8.32. The van der Waals surface area contributed by atoms with Gasteiger partial charge in [-0.25, -0.2) is 8.42 Å². The zero-order chi connectivity index (χ0) is 24.9. The molecule has 1 saturated heterocycles. The molecule has 2 amide bonds. The predicted molar refractivity (Wildman–Crippen MR) is 134 cm³/mol. The van der Waals surface area contributed by atoms with Crippen molar-refractivity contribution in [1.82, 2.24) is 14.5 Å². The molecule has 1 unspecified atom stereocenters. The molecule has 1 fully saturated rings. The van der Waals surface area contributed by atoms with E-state index < -0.39 is 15.6 Å². The summed E-state index contributed by atoms with van der Waals surface area (Å²) in [6.07, 6.45) is 8.18. The van der Waals surface area contributed by atoms with Gasteiger partial charge in [0.05, 0.1) is 11.4 Å². The summed E-state index contributed by atoms with van der Waals surface area (Å²) in [5.41, 5.74) is 0.988. The van der Waals surface area contributed by atoms with Crippen LogP contribution in [0, 0.1) is 12.8 Å². The van der Waals surface area contributed by atoms with Crippen molar-refractivity contribution in [2.75, 3.05) is 26.2 Å². The molecular weight excluding hydrogens is 450 g/mol. The normalized spacial score (nSPS) is 22.1. The molecule has 0 radical (unpaired) electrons. The van der Waals surface area contributed by atoms with Crippen molar-refractivity contribution in [3.8, 4) is 0 Å². The molecule has 0 spiro atoms. The number of piperazine rings is 1. The first-order valence-electron chi connectivity index (χ1n) is 12.4. The quantitative estimate of drug-likeness (QED) is 0.537. The van der Waals surface area contributed by atoms with E-state index in [0.717, 1.165) is 31.2 Å². The maximum Gasteiger partial charge on any atom is 0.247 e. The molecule has 34 heavy (non-hydrogen) atoms. The second-order valence-corrected chi connectivity index (χ2v) is 12.1. The van der Waals surface area contributed by atoms with E-state index in [0.29, 0.717) is 25.4 Å². The highest BCUT2D eigenvalue weighted by Crippen LogP contribution is 2.29. The van der Waals surface area contributed by atoms with Crippen LogP contribution in [0.4, 0.5) is 0 Å². The van der Waals surface area contributed by atoms with Crippen LogP contribution in [0.3, 0.4) is 0 Å². The predicted octanol–water partition coefficient (Wildman–Crippen LogP) is 3.64. The van der Waals surface area contributed by atoms with Crippen molar-refractivity contribution in [3.05, 3.63) is 41.5 Å². The number of aryl methyl sites for hydroxylation is 1. The van der Waals surface area contributed by atoms with E-state index >= 15 is 0 Å². The monoisotopic (exact) mass is 489 g/mol. The summed E-state index contributed by atoms with van der Waals surface area (Å²) >= 11 is 0. The molecule has 1 heterocycles. The third kappa shape index (κ3) is 6.08. The van der Waals surface area contributed by atoms with Crippen LogP contribution in [0.5, 0.6) is 0 Å². The Balaban J connectivity index is 1.86. The van der Waals surface area contributed by atoms with Gasteiger partial charge in [0, 0.05) is 19.6 Å². The van der Waals surface area contributed by atoms with Gasteiger partial charge < -0.3 is 10.2 Å². The Morgan fingerprint density at radius 2 is 1.88 bits per heavy atom. The van der Waals surface area contributed by atoms with Crippen molar-refractivity contribution < 1.29 is 18.0 Å². The molecule has 1 aromatic carbocycles. The molecule has 2 aliphatic rings. The molecule has 188 valence electrons. The Labute approximate surface area is 204 Å². The fraction of sp³-hybridized carbons (Fsp3) is 0.615. The number of hydrogen-bond acceptors (Lipinski definition) is 4. The first kappa shape index (κ1) is 26.4. The molecule has 1 aromatic rings. The molecule has 0 bridgehead atoms. The fourth-order valence-corrected chi connectivity index (χ4v) is 6.12. The lowest BCUT2D eigenvalue weighted by Crippen LogP contribution is -2.69. The van der Waals surface area contributed by atoms with Gasteiger partial charge in [0.25, 0.3) is 0 Å². The van der Waals surface area contributed by atoms with E-state index in [1.807, 2.05) is 6.92 Å². The van der Waals surface area contributed by atoms with Crippen LogP contribution < -0.4 is 5.32 Å². The van der Waals surface area contributed by atoms with E-state index in [1.54, 1.807) is 36.1 Å². The highest BCUT2D eigenvalue weighted by atomic mass is 32.2. The molecule has 0 saturated carbocycles. The highest BCUT2D eigenvalue weighted by molar-refractivity contribution is 7.89. The van der Waals surface area contributed by atoms with Crippen molar-refractivity contribution in [3.63, 3.8) is 0 Å². The fourth-order valence-electron chi connectivity index (χ4n) is 4.64. The van der Waals surface area contributed by atoms with Gasteiger partial charge in [-0.3, -0.25) is 9.59 Å². The number of hydrogen-bond donors (Lipinski definition) is 1. The largest absolute Gasteiger partial charge is 0.354 e. The second-order valence-electron chi connectivity index (χ2n) is 10.2. The van der Waals surface area contributed by atoms with Crippen LogP contribution in [0.2, 0.25) is 0 Å². The van der Waals surface area contributed by atoms with Gasteiger partial charge in [-0.05, 0) is 70.4 Å². The van der Waals surface area contributed by atoms with E-state index in [4.69, 9.17) is 0 Å². The third-order valence-electron chi connectivity index (χ3n) is 6.89. The van der Waals surface area contributed by atoms with E-state index in [2.05, 4.69) is 25.2 Å². The topological polar surface area (TPSA) is 86.8 Å². The maximum absolute atomic E-state index is 13.4. The van der Waals surface area contributed by atoms with Gasteiger partial charge in [-0.15, -0.1) is 0 Å². The number of sulfonamides is 1. The molecule has 1 aliphatic carbocycles. The lowest BCUT2D eigenvalue weighted by molar-refractivity contribution is -0.152. The molecule has 7 nitrogen and oxygen atoms in total. The van der Waals surface area contributed by atoms with Gasteiger partial charge in [-0.2, -0.15) is 4.31 Å². The second kappa shape index (κ2) is 11.0. The Morgan fingerprint density at radius 1 is 1.18 bits per heavy atom. The number of benzene rings is 1.